The number of pyridine rings is 1. The molecule has 0 spiro atoms. The van der Waals surface area contributed by atoms with E-state index < -0.39 is 0 Å². The SMILES string of the molecule is CCCNc1cc(C(=O)NCCCc2ncc[nH]2)ccn1. The summed E-state index contributed by atoms with van der Waals surface area (Å²) in [5, 5.41) is 6.08. The van der Waals surface area contributed by atoms with E-state index in [9.17, 15) is 4.79 Å². The van der Waals surface area contributed by atoms with E-state index in [1.54, 1.807) is 30.7 Å². The first-order valence-corrected chi connectivity index (χ1v) is 7.26. The average molecular weight is 287 g/mol. The molecule has 6 heteroatoms. The average Bonchev–Trinajstić information content (AvgIpc) is 3.03. The van der Waals surface area contributed by atoms with Gasteiger partial charge in [-0.3, -0.25) is 4.79 Å². The standard InChI is InChI=1S/C15H21N5O/c1-2-6-16-14-11-12(5-8-17-14)15(21)20-7-3-4-13-18-9-10-19-13/h5,8-11H,2-4,6-7H2,1H3,(H,16,17)(H,18,19)(H,20,21). The summed E-state index contributed by atoms with van der Waals surface area (Å²) >= 11 is 0. The molecule has 2 aromatic rings. The highest BCUT2D eigenvalue weighted by atomic mass is 16.1. The van der Waals surface area contributed by atoms with Crippen molar-refractivity contribution < 1.29 is 4.79 Å². The molecule has 2 rings (SSSR count). The summed E-state index contributed by atoms with van der Waals surface area (Å²) in [6.07, 6.45) is 7.88. The van der Waals surface area contributed by atoms with Crippen molar-refractivity contribution in [2.45, 2.75) is 26.2 Å². The fraction of sp³-hybridized carbons (Fsp3) is 0.400. The molecule has 0 saturated heterocycles. The fourth-order valence-corrected chi connectivity index (χ4v) is 1.92. The topological polar surface area (TPSA) is 82.7 Å². The molecule has 3 N–H and O–H groups in total. The molecule has 0 aliphatic heterocycles. The fourth-order valence-electron chi connectivity index (χ4n) is 1.92. The van der Waals surface area contributed by atoms with E-state index in [4.69, 9.17) is 0 Å². The van der Waals surface area contributed by atoms with Crippen LogP contribution < -0.4 is 10.6 Å². The number of anilines is 1. The Morgan fingerprint density at radius 2 is 2.19 bits per heavy atom. The number of nitrogens with zero attached hydrogens (tertiary/aromatic N) is 2. The number of carbonyl (C=O) groups excluding carboxylic acids is 1. The van der Waals surface area contributed by atoms with Gasteiger partial charge in [0.2, 0.25) is 0 Å². The van der Waals surface area contributed by atoms with Gasteiger partial charge in [0.25, 0.3) is 5.91 Å². The molecule has 2 aromatic heterocycles. The maximum Gasteiger partial charge on any atom is 0.251 e. The van der Waals surface area contributed by atoms with Crippen molar-refractivity contribution >= 4 is 11.7 Å². The first kappa shape index (κ1) is 15.0. The third kappa shape index (κ3) is 4.91. The Hall–Kier alpha value is -2.37. The first-order valence-electron chi connectivity index (χ1n) is 7.26. The monoisotopic (exact) mass is 287 g/mol. The molecular weight excluding hydrogens is 266 g/mol. The molecule has 0 aromatic carbocycles. The molecule has 0 saturated carbocycles. The molecular formula is C15H21N5O. The van der Waals surface area contributed by atoms with Gasteiger partial charge in [0.1, 0.15) is 11.6 Å². The molecule has 0 atom stereocenters. The molecule has 0 radical (unpaired) electrons. The Labute approximate surface area is 124 Å². The molecule has 21 heavy (non-hydrogen) atoms. The van der Waals surface area contributed by atoms with Crippen LogP contribution in [0.25, 0.3) is 0 Å². The second kappa shape index (κ2) is 8.04. The number of hydrogen-bond donors (Lipinski definition) is 3. The van der Waals surface area contributed by atoms with Crippen LogP contribution in [0.4, 0.5) is 5.82 Å². The summed E-state index contributed by atoms with van der Waals surface area (Å²) in [5.74, 6) is 1.61. The number of imidazole rings is 1. The Bertz CT molecular complexity index is 553. The predicted octanol–water partition coefficient (Wildman–Crippen LogP) is 1.99. The maximum absolute atomic E-state index is 12.0. The zero-order valence-electron chi connectivity index (χ0n) is 12.2. The van der Waals surface area contributed by atoms with Gasteiger partial charge in [0.15, 0.2) is 0 Å². The minimum absolute atomic E-state index is 0.0728. The van der Waals surface area contributed by atoms with Crippen molar-refractivity contribution in [2.75, 3.05) is 18.4 Å². The van der Waals surface area contributed by atoms with Crippen molar-refractivity contribution in [2.24, 2.45) is 0 Å². The highest BCUT2D eigenvalue weighted by molar-refractivity contribution is 5.94. The summed E-state index contributed by atoms with van der Waals surface area (Å²) in [5.41, 5.74) is 0.626. The van der Waals surface area contributed by atoms with E-state index in [0.717, 1.165) is 37.4 Å². The van der Waals surface area contributed by atoms with Crippen LogP contribution in [0.3, 0.4) is 0 Å². The van der Waals surface area contributed by atoms with Crippen molar-refractivity contribution in [3.63, 3.8) is 0 Å². The Morgan fingerprint density at radius 1 is 1.29 bits per heavy atom. The minimum atomic E-state index is -0.0728. The molecule has 0 fully saturated rings. The lowest BCUT2D eigenvalue weighted by molar-refractivity contribution is 0.0953. The molecule has 0 bridgehead atoms. The van der Waals surface area contributed by atoms with Crippen LogP contribution in [0.5, 0.6) is 0 Å². The smallest absolute Gasteiger partial charge is 0.251 e. The number of nitrogens with one attached hydrogen (secondary N) is 3. The molecule has 112 valence electrons. The molecule has 1 amide bonds. The van der Waals surface area contributed by atoms with Crippen molar-refractivity contribution in [3.05, 3.63) is 42.1 Å². The van der Waals surface area contributed by atoms with E-state index in [2.05, 4.69) is 32.5 Å². The zero-order chi connectivity index (χ0) is 14.9. The van der Waals surface area contributed by atoms with Gasteiger partial charge in [-0.1, -0.05) is 6.92 Å². The van der Waals surface area contributed by atoms with Gasteiger partial charge in [-0.2, -0.15) is 0 Å². The Kier molecular flexibility index (Phi) is 5.75. The van der Waals surface area contributed by atoms with Crippen LogP contribution in [0.2, 0.25) is 0 Å². The lowest BCUT2D eigenvalue weighted by atomic mass is 10.2. The second-order valence-electron chi connectivity index (χ2n) is 4.75. The number of rotatable bonds is 8. The van der Waals surface area contributed by atoms with Crippen LogP contribution in [0, 0.1) is 0 Å². The number of hydrogen-bond acceptors (Lipinski definition) is 4. The highest BCUT2D eigenvalue weighted by Crippen LogP contribution is 2.06. The number of aryl methyl sites for hydroxylation is 1. The van der Waals surface area contributed by atoms with E-state index in [1.165, 1.54) is 0 Å². The number of amides is 1. The van der Waals surface area contributed by atoms with Gasteiger partial charge < -0.3 is 15.6 Å². The molecule has 0 aliphatic carbocycles. The molecule has 6 nitrogen and oxygen atoms in total. The van der Waals surface area contributed by atoms with Crippen molar-refractivity contribution in [1.29, 1.82) is 0 Å². The van der Waals surface area contributed by atoms with E-state index in [-0.39, 0.29) is 5.91 Å². The summed E-state index contributed by atoms with van der Waals surface area (Å²) in [7, 11) is 0. The lowest BCUT2D eigenvalue weighted by Gasteiger charge is -2.07. The molecule has 2 heterocycles. The number of aromatic nitrogens is 3. The van der Waals surface area contributed by atoms with Crippen molar-refractivity contribution in [1.82, 2.24) is 20.3 Å². The van der Waals surface area contributed by atoms with Crippen LogP contribution >= 0.6 is 0 Å². The summed E-state index contributed by atoms with van der Waals surface area (Å²) < 4.78 is 0. The van der Waals surface area contributed by atoms with Crippen LogP contribution in [0.1, 0.15) is 35.9 Å². The van der Waals surface area contributed by atoms with Gasteiger partial charge in [0, 0.05) is 43.7 Å². The first-order chi connectivity index (χ1) is 10.3. The second-order valence-corrected chi connectivity index (χ2v) is 4.75. The van der Waals surface area contributed by atoms with Crippen LogP contribution in [-0.4, -0.2) is 33.9 Å². The number of aromatic amines is 1. The molecule has 0 unspecified atom stereocenters. The highest BCUT2D eigenvalue weighted by Gasteiger charge is 2.06. The number of H-pyrrole nitrogens is 1. The Morgan fingerprint density at radius 3 is 2.95 bits per heavy atom. The van der Waals surface area contributed by atoms with Crippen LogP contribution in [-0.2, 0) is 6.42 Å². The van der Waals surface area contributed by atoms with Gasteiger partial charge in [-0.15, -0.1) is 0 Å². The summed E-state index contributed by atoms with van der Waals surface area (Å²) in [6.45, 7) is 3.56. The largest absolute Gasteiger partial charge is 0.370 e. The van der Waals surface area contributed by atoms with Gasteiger partial charge >= 0.3 is 0 Å². The summed E-state index contributed by atoms with van der Waals surface area (Å²) in [4.78, 5) is 23.4. The maximum atomic E-state index is 12.0. The predicted molar refractivity (Wildman–Crippen MR) is 82.3 cm³/mol. The van der Waals surface area contributed by atoms with Gasteiger partial charge in [-0.25, -0.2) is 9.97 Å². The van der Waals surface area contributed by atoms with E-state index in [1.807, 2.05) is 0 Å². The third-order valence-corrected chi connectivity index (χ3v) is 3.01. The summed E-state index contributed by atoms with van der Waals surface area (Å²) in [6, 6.07) is 3.50. The molecule has 0 aliphatic rings. The van der Waals surface area contributed by atoms with Gasteiger partial charge in [0.05, 0.1) is 0 Å². The zero-order valence-corrected chi connectivity index (χ0v) is 12.2. The lowest BCUT2D eigenvalue weighted by Crippen LogP contribution is -2.25. The quantitative estimate of drug-likeness (QED) is 0.648. The van der Waals surface area contributed by atoms with Gasteiger partial charge in [-0.05, 0) is 25.0 Å². The van der Waals surface area contributed by atoms with E-state index >= 15 is 0 Å². The normalized spacial score (nSPS) is 10.3. The Balaban J connectivity index is 1.77. The van der Waals surface area contributed by atoms with E-state index in [0.29, 0.717) is 12.1 Å². The van der Waals surface area contributed by atoms with Crippen LogP contribution in [0.15, 0.2) is 30.7 Å². The number of carbonyl (C=O) groups is 1. The van der Waals surface area contributed by atoms with Crippen molar-refractivity contribution in [3.8, 4) is 0 Å². The minimum Gasteiger partial charge on any atom is -0.370 e. The third-order valence-electron chi connectivity index (χ3n) is 3.01.